The normalized spacial score (nSPS) is 16.0. The van der Waals surface area contributed by atoms with Gasteiger partial charge >= 0.3 is 5.69 Å². The summed E-state index contributed by atoms with van der Waals surface area (Å²) in [5, 5.41) is 9.59. The van der Waals surface area contributed by atoms with E-state index in [9.17, 15) is 14.9 Å². The van der Waals surface area contributed by atoms with E-state index in [1.807, 2.05) is 6.07 Å². The van der Waals surface area contributed by atoms with Gasteiger partial charge in [-0.2, -0.15) is 5.26 Å². The monoisotopic (exact) mass is 373 g/mol. The highest BCUT2D eigenvalue weighted by Gasteiger charge is 2.27. The second kappa shape index (κ2) is 6.54. The number of aromatic nitrogens is 2. The Balaban J connectivity index is 1.78. The quantitative estimate of drug-likeness (QED) is 0.822. The van der Waals surface area contributed by atoms with Gasteiger partial charge in [0, 0.05) is 18.7 Å². The standard InChI is InChI=1S/C18H16ClN3O4/c19-14-6-11(7-15-16(14)26-5-1-4-25-15)9-22-17(23)12(8-20)10-21(18(22)24)13-2-3-13/h6-7,10,13H,1-5,9H2. The maximum absolute atomic E-state index is 12.7. The van der Waals surface area contributed by atoms with Crippen LogP contribution in [0, 0.1) is 11.3 Å². The number of hydrogen-bond donors (Lipinski definition) is 0. The van der Waals surface area contributed by atoms with Crippen LogP contribution in [0.3, 0.4) is 0 Å². The molecule has 0 unspecified atom stereocenters. The van der Waals surface area contributed by atoms with Crippen molar-refractivity contribution in [1.29, 1.82) is 5.26 Å². The summed E-state index contributed by atoms with van der Waals surface area (Å²) >= 11 is 6.29. The second-order valence-corrected chi connectivity index (χ2v) is 6.83. The number of rotatable bonds is 3. The third-order valence-corrected chi connectivity index (χ3v) is 4.74. The number of fused-ring (bicyclic) bond motifs is 1. The Morgan fingerprint density at radius 1 is 1.23 bits per heavy atom. The van der Waals surface area contributed by atoms with Crippen LogP contribution in [0.4, 0.5) is 0 Å². The van der Waals surface area contributed by atoms with Gasteiger partial charge in [-0.05, 0) is 30.5 Å². The van der Waals surface area contributed by atoms with Crippen LogP contribution in [0.15, 0.2) is 27.9 Å². The molecule has 0 saturated heterocycles. The first kappa shape index (κ1) is 16.7. The van der Waals surface area contributed by atoms with Crippen LogP contribution in [0.1, 0.15) is 36.4 Å². The molecule has 1 aromatic heterocycles. The first-order chi connectivity index (χ1) is 12.6. The fraction of sp³-hybridized carbons (Fsp3) is 0.389. The summed E-state index contributed by atoms with van der Waals surface area (Å²) in [6.07, 6.45) is 3.85. The van der Waals surface area contributed by atoms with E-state index in [-0.39, 0.29) is 18.2 Å². The van der Waals surface area contributed by atoms with Gasteiger partial charge in [0.15, 0.2) is 11.5 Å². The van der Waals surface area contributed by atoms with E-state index in [2.05, 4.69) is 0 Å². The molecule has 0 spiro atoms. The van der Waals surface area contributed by atoms with Crippen molar-refractivity contribution in [2.24, 2.45) is 0 Å². The molecular formula is C18H16ClN3O4. The van der Waals surface area contributed by atoms with E-state index >= 15 is 0 Å². The number of halogens is 1. The van der Waals surface area contributed by atoms with E-state index in [0.717, 1.165) is 23.8 Å². The van der Waals surface area contributed by atoms with Crippen molar-refractivity contribution in [2.45, 2.75) is 31.8 Å². The van der Waals surface area contributed by atoms with E-state index in [1.54, 1.807) is 12.1 Å². The average molecular weight is 374 g/mol. The van der Waals surface area contributed by atoms with Crippen molar-refractivity contribution in [3.8, 4) is 17.6 Å². The van der Waals surface area contributed by atoms with Gasteiger partial charge in [-0.25, -0.2) is 4.79 Å². The van der Waals surface area contributed by atoms with E-state index < -0.39 is 11.2 Å². The van der Waals surface area contributed by atoms with Gasteiger partial charge in [-0.1, -0.05) is 11.6 Å². The zero-order chi connectivity index (χ0) is 18.3. The van der Waals surface area contributed by atoms with E-state index in [4.69, 9.17) is 21.1 Å². The largest absolute Gasteiger partial charge is 0.489 e. The molecule has 0 N–H and O–H groups in total. The van der Waals surface area contributed by atoms with Crippen LogP contribution in [0.25, 0.3) is 0 Å². The van der Waals surface area contributed by atoms with Crippen LogP contribution < -0.4 is 20.7 Å². The third kappa shape index (κ3) is 2.97. The molecule has 0 atom stereocenters. The van der Waals surface area contributed by atoms with E-state index in [1.165, 1.54) is 10.8 Å². The molecule has 0 radical (unpaired) electrons. The molecule has 2 aliphatic rings. The summed E-state index contributed by atoms with van der Waals surface area (Å²) < 4.78 is 13.8. The molecule has 134 valence electrons. The van der Waals surface area contributed by atoms with Gasteiger partial charge in [0.25, 0.3) is 5.56 Å². The number of hydrogen-bond acceptors (Lipinski definition) is 5. The molecule has 4 rings (SSSR count). The number of ether oxygens (including phenoxy) is 2. The molecule has 1 aliphatic heterocycles. The summed E-state index contributed by atoms with van der Waals surface area (Å²) in [6, 6.07) is 5.32. The van der Waals surface area contributed by atoms with Crippen LogP contribution in [0.2, 0.25) is 5.02 Å². The van der Waals surface area contributed by atoms with Gasteiger partial charge < -0.3 is 9.47 Å². The highest BCUT2D eigenvalue weighted by atomic mass is 35.5. The van der Waals surface area contributed by atoms with Crippen molar-refractivity contribution in [2.75, 3.05) is 13.2 Å². The Hall–Kier alpha value is -2.72. The molecule has 2 aromatic rings. The lowest BCUT2D eigenvalue weighted by Gasteiger charge is -2.13. The second-order valence-electron chi connectivity index (χ2n) is 6.42. The van der Waals surface area contributed by atoms with Crippen molar-refractivity contribution in [3.05, 3.63) is 55.3 Å². The van der Waals surface area contributed by atoms with Gasteiger partial charge in [0.05, 0.1) is 24.8 Å². The first-order valence-corrected chi connectivity index (χ1v) is 8.80. The molecule has 1 fully saturated rings. The first-order valence-electron chi connectivity index (χ1n) is 8.42. The summed E-state index contributed by atoms with van der Waals surface area (Å²) in [5.74, 6) is 0.971. The lowest BCUT2D eigenvalue weighted by Crippen LogP contribution is -2.40. The Bertz CT molecular complexity index is 1030. The number of benzene rings is 1. The maximum Gasteiger partial charge on any atom is 0.331 e. The summed E-state index contributed by atoms with van der Waals surface area (Å²) in [4.78, 5) is 25.2. The van der Waals surface area contributed by atoms with Crippen LogP contribution in [0.5, 0.6) is 11.5 Å². The Morgan fingerprint density at radius 3 is 2.73 bits per heavy atom. The summed E-state index contributed by atoms with van der Waals surface area (Å²) in [5.41, 5.74) is -0.426. The minimum absolute atomic E-state index is 0.0102. The smallest absolute Gasteiger partial charge is 0.331 e. The number of nitriles is 1. The maximum atomic E-state index is 12.7. The fourth-order valence-electron chi connectivity index (χ4n) is 3.01. The Labute approximate surface area is 154 Å². The molecule has 1 saturated carbocycles. The van der Waals surface area contributed by atoms with Crippen LogP contribution >= 0.6 is 11.6 Å². The molecule has 0 bridgehead atoms. The minimum Gasteiger partial charge on any atom is -0.489 e. The van der Waals surface area contributed by atoms with Crippen molar-refractivity contribution in [3.63, 3.8) is 0 Å². The molecular weight excluding hydrogens is 358 g/mol. The minimum atomic E-state index is -0.599. The average Bonchev–Trinajstić information content (AvgIpc) is 3.45. The third-order valence-electron chi connectivity index (χ3n) is 4.46. The molecule has 1 aliphatic carbocycles. The van der Waals surface area contributed by atoms with Gasteiger partial charge in [-0.15, -0.1) is 0 Å². The molecule has 2 heterocycles. The lowest BCUT2D eigenvalue weighted by atomic mass is 10.2. The van der Waals surface area contributed by atoms with Gasteiger partial charge in [-0.3, -0.25) is 13.9 Å². The molecule has 26 heavy (non-hydrogen) atoms. The summed E-state index contributed by atoms with van der Waals surface area (Å²) in [7, 11) is 0. The van der Waals surface area contributed by atoms with Crippen molar-refractivity contribution >= 4 is 11.6 Å². The van der Waals surface area contributed by atoms with Crippen LogP contribution in [-0.4, -0.2) is 22.3 Å². The Morgan fingerprint density at radius 2 is 2.00 bits per heavy atom. The van der Waals surface area contributed by atoms with Crippen molar-refractivity contribution < 1.29 is 9.47 Å². The zero-order valence-electron chi connectivity index (χ0n) is 13.9. The number of nitrogens with zero attached hydrogens (tertiary/aromatic N) is 3. The lowest BCUT2D eigenvalue weighted by molar-refractivity contribution is 0.297. The van der Waals surface area contributed by atoms with Crippen LogP contribution in [-0.2, 0) is 6.54 Å². The topological polar surface area (TPSA) is 86.2 Å². The van der Waals surface area contributed by atoms with E-state index in [0.29, 0.717) is 35.3 Å². The molecule has 1 aromatic carbocycles. The molecule has 8 heteroatoms. The predicted molar refractivity (Wildman–Crippen MR) is 94.1 cm³/mol. The fourth-order valence-corrected chi connectivity index (χ4v) is 3.30. The van der Waals surface area contributed by atoms with Gasteiger partial charge in [0.2, 0.25) is 0 Å². The molecule has 0 amide bonds. The van der Waals surface area contributed by atoms with Crippen molar-refractivity contribution in [1.82, 2.24) is 9.13 Å². The highest BCUT2D eigenvalue weighted by Crippen LogP contribution is 2.38. The summed E-state index contributed by atoms with van der Waals surface area (Å²) in [6.45, 7) is 1.03. The highest BCUT2D eigenvalue weighted by molar-refractivity contribution is 6.32. The SMILES string of the molecule is N#Cc1cn(C2CC2)c(=O)n(Cc2cc(Cl)c3c(c2)OCCCO3)c1=O. The Kier molecular flexibility index (Phi) is 4.21. The predicted octanol–water partition coefficient (Wildman–Crippen LogP) is 2.08. The molecule has 7 nitrogen and oxygen atoms in total. The zero-order valence-corrected chi connectivity index (χ0v) is 14.7. The van der Waals surface area contributed by atoms with Gasteiger partial charge in [0.1, 0.15) is 11.6 Å².